The van der Waals surface area contributed by atoms with Crippen LogP contribution >= 0.6 is 23.4 Å². The largest absolute Gasteiger partial charge is 0.326 e. The van der Waals surface area contributed by atoms with Gasteiger partial charge in [0.1, 0.15) is 0 Å². The number of anilines is 2. The summed E-state index contributed by atoms with van der Waals surface area (Å²) in [4.78, 5) is 25.9. The lowest BCUT2D eigenvalue weighted by atomic mass is 10.1. The zero-order chi connectivity index (χ0) is 20.7. The SMILES string of the molecule is O=C(C[C@@H]1Sc2ccc(Cl)cc2NC1=O)Nc1cccc(-c2nnnn2C2CC2)c1. The van der Waals surface area contributed by atoms with Crippen LogP contribution in [0, 0.1) is 0 Å². The van der Waals surface area contributed by atoms with E-state index in [1.807, 2.05) is 28.9 Å². The fourth-order valence-electron chi connectivity index (χ4n) is 3.32. The lowest BCUT2D eigenvalue weighted by molar-refractivity contribution is -0.120. The first-order chi connectivity index (χ1) is 14.6. The quantitative estimate of drug-likeness (QED) is 0.626. The van der Waals surface area contributed by atoms with Crippen LogP contribution in [-0.2, 0) is 9.59 Å². The van der Waals surface area contributed by atoms with Crippen molar-refractivity contribution in [3.05, 3.63) is 47.5 Å². The summed E-state index contributed by atoms with van der Waals surface area (Å²) in [5, 5.41) is 17.7. The fourth-order valence-corrected chi connectivity index (χ4v) is 4.59. The van der Waals surface area contributed by atoms with Crippen LogP contribution in [0.5, 0.6) is 0 Å². The van der Waals surface area contributed by atoms with E-state index in [4.69, 9.17) is 11.6 Å². The molecule has 1 aromatic heterocycles. The predicted molar refractivity (Wildman–Crippen MR) is 114 cm³/mol. The number of thioether (sulfide) groups is 1. The van der Waals surface area contributed by atoms with Gasteiger partial charge in [0.2, 0.25) is 11.8 Å². The molecule has 1 atom stereocenters. The van der Waals surface area contributed by atoms with E-state index >= 15 is 0 Å². The van der Waals surface area contributed by atoms with Crippen LogP contribution in [-0.4, -0.2) is 37.3 Å². The van der Waals surface area contributed by atoms with E-state index in [-0.39, 0.29) is 18.2 Å². The molecule has 30 heavy (non-hydrogen) atoms. The number of fused-ring (bicyclic) bond motifs is 1. The van der Waals surface area contributed by atoms with Crippen molar-refractivity contribution in [2.45, 2.75) is 35.4 Å². The lowest BCUT2D eigenvalue weighted by Gasteiger charge is -2.23. The van der Waals surface area contributed by atoms with Gasteiger partial charge in [0.05, 0.1) is 17.0 Å². The summed E-state index contributed by atoms with van der Waals surface area (Å²) >= 11 is 7.34. The molecular formula is C20H17ClN6O2S. The molecule has 152 valence electrons. The summed E-state index contributed by atoms with van der Waals surface area (Å²) in [5.41, 5.74) is 2.15. The van der Waals surface area contributed by atoms with Crippen molar-refractivity contribution < 1.29 is 9.59 Å². The molecule has 3 aromatic rings. The number of benzene rings is 2. The number of amides is 2. The van der Waals surface area contributed by atoms with Crippen LogP contribution in [0.4, 0.5) is 11.4 Å². The highest BCUT2D eigenvalue weighted by Gasteiger charge is 2.30. The Balaban J connectivity index is 1.27. The zero-order valence-electron chi connectivity index (χ0n) is 15.7. The van der Waals surface area contributed by atoms with Gasteiger partial charge in [0, 0.05) is 27.6 Å². The van der Waals surface area contributed by atoms with Crippen LogP contribution in [0.15, 0.2) is 47.4 Å². The number of nitrogens with zero attached hydrogens (tertiary/aromatic N) is 4. The third kappa shape index (κ3) is 3.90. The van der Waals surface area contributed by atoms with Crippen LogP contribution in [0.3, 0.4) is 0 Å². The normalized spacial score (nSPS) is 17.9. The van der Waals surface area contributed by atoms with Gasteiger partial charge in [-0.15, -0.1) is 16.9 Å². The van der Waals surface area contributed by atoms with E-state index in [1.165, 1.54) is 11.8 Å². The van der Waals surface area contributed by atoms with Gasteiger partial charge < -0.3 is 10.6 Å². The van der Waals surface area contributed by atoms with Gasteiger partial charge in [-0.3, -0.25) is 9.59 Å². The van der Waals surface area contributed by atoms with E-state index in [0.717, 1.165) is 23.3 Å². The molecule has 2 aromatic carbocycles. The average Bonchev–Trinajstić information content (AvgIpc) is 3.45. The molecule has 2 aliphatic rings. The smallest absolute Gasteiger partial charge is 0.238 e. The Bertz CT molecular complexity index is 1150. The third-order valence-corrected chi connectivity index (χ3v) is 6.43. The predicted octanol–water partition coefficient (Wildman–Crippen LogP) is 3.77. The monoisotopic (exact) mass is 440 g/mol. The van der Waals surface area contributed by atoms with Crippen molar-refractivity contribution in [1.29, 1.82) is 0 Å². The van der Waals surface area contributed by atoms with Gasteiger partial charge in [-0.05, 0) is 53.6 Å². The number of nitrogens with one attached hydrogen (secondary N) is 2. The minimum Gasteiger partial charge on any atom is -0.326 e. The Labute approximate surface area is 181 Å². The number of aromatic nitrogens is 4. The maximum Gasteiger partial charge on any atom is 0.238 e. The topological polar surface area (TPSA) is 102 Å². The average molecular weight is 441 g/mol. The minimum atomic E-state index is -0.510. The molecule has 10 heteroatoms. The summed E-state index contributed by atoms with van der Waals surface area (Å²) in [6.45, 7) is 0. The molecule has 1 fully saturated rings. The second-order valence-electron chi connectivity index (χ2n) is 7.25. The van der Waals surface area contributed by atoms with E-state index in [9.17, 15) is 9.59 Å². The molecule has 5 rings (SSSR count). The van der Waals surface area contributed by atoms with E-state index in [1.54, 1.807) is 18.2 Å². The second-order valence-corrected chi connectivity index (χ2v) is 8.93. The number of hydrogen-bond acceptors (Lipinski definition) is 6. The maximum atomic E-state index is 12.6. The molecule has 2 N–H and O–H groups in total. The van der Waals surface area contributed by atoms with Gasteiger partial charge in [0.25, 0.3) is 0 Å². The standard InChI is InChI=1S/C20H17ClN6O2S/c21-12-4-7-16-15(9-12)23-20(29)17(30-16)10-18(28)22-13-3-1-2-11(8-13)19-24-25-26-27(19)14-5-6-14/h1-4,7-9,14,17H,5-6,10H2,(H,22,28)(H,23,29)/t17-/m0/s1. The Kier molecular flexibility index (Phi) is 4.92. The molecule has 0 radical (unpaired) electrons. The first-order valence-electron chi connectivity index (χ1n) is 9.52. The van der Waals surface area contributed by atoms with Crippen LogP contribution < -0.4 is 10.6 Å². The van der Waals surface area contributed by atoms with E-state index < -0.39 is 5.25 Å². The number of tetrazole rings is 1. The van der Waals surface area contributed by atoms with Crippen LogP contribution in [0.2, 0.25) is 5.02 Å². The number of carbonyl (C=O) groups excluding carboxylic acids is 2. The molecule has 0 bridgehead atoms. The summed E-state index contributed by atoms with van der Waals surface area (Å²) in [6, 6.07) is 13.1. The zero-order valence-corrected chi connectivity index (χ0v) is 17.3. The van der Waals surface area contributed by atoms with Gasteiger partial charge in [-0.1, -0.05) is 23.7 Å². The van der Waals surface area contributed by atoms with Crippen molar-refractivity contribution in [2.24, 2.45) is 0 Å². The van der Waals surface area contributed by atoms with Gasteiger partial charge in [-0.2, -0.15) is 0 Å². The summed E-state index contributed by atoms with van der Waals surface area (Å²) < 4.78 is 1.83. The first-order valence-corrected chi connectivity index (χ1v) is 10.8. The molecule has 0 spiro atoms. The number of halogens is 1. The highest BCUT2D eigenvalue weighted by Crippen LogP contribution is 2.39. The molecule has 1 aliphatic heterocycles. The summed E-state index contributed by atoms with van der Waals surface area (Å²) in [5.74, 6) is 0.243. The number of hydrogen-bond donors (Lipinski definition) is 2. The van der Waals surface area contributed by atoms with Gasteiger partial charge in [-0.25, -0.2) is 4.68 Å². The second kappa shape index (κ2) is 7.73. The van der Waals surface area contributed by atoms with Crippen LogP contribution in [0.1, 0.15) is 25.3 Å². The van der Waals surface area contributed by atoms with Crippen molar-refractivity contribution in [2.75, 3.05) is 10.6 Å². The Morgan fingerprint density at radius 2 is 2.13 bits per heavy atom. The Hall–Kier alpha value is -2.91. The summed E-state index contributed by atoms with van der Waals surface area (Å²) in [7, 11) is 0. The Morgan fingerprint density at radius 3 is 2.97 bits per heavy atom. The molecule has 2 amide bonds. The summed E-state index contributed by atoms with van der Waals surface area (Å²) in [6.07, 6.45) is 2.21. The highest BCUT2D eigenvalue weighted by molar-refractivity contribution is 8.01. The maximum absolute atomic E-state index is 12.6. The highest BCUT2D eigenvalue weighted by atomic mass is 35.5. The molecule has 0 saturated heterocycles. The van der Waals surface area contributed by atoms with Crippen LogP contribution in [0.25, 0.3) is 11.4 Å². The number of rotatable bonds is 5. The Morgan fingerprint density at radius 1 is 1.27 bits per heavy atom. The molecule has 1 saturated carbocycles. The minimum absolute atomic E-state index is 0.0581. The first kappa shape index (κ1) is 19.1. The molecule has 0 unspecified atom stereocenters. The molecule has 1 aliphatic carbocycles. The van der Waals surface area contributed by atoms with Gasteiger partial charge >= 0.3 is 0 Å². The number of carbonyl (C=O) groups is 2. The lowest BCUT2D eigenvalue weighted by Crippen LogP contribution is -2.32. The van der Waals surface area contributed by atoms with Crippen molar-refractivity contribution >= 4 is 46.6 Å². The van der Waals surface area contributed by atoms with Gasteiger partial charge in [0.15, 0.2) is 5.82 Å². The molecule has 2 heterocycles. The molecular weight excluding hydrogens is 424 g/mol. The van der Waals surface area contributed by atoms with E-state index in [0.29, 0.717) is 28.3 Å². The van der Waals surface area contributed by atoms with E-state index in [2.05, 4.69) is 26.2 Å². The molecule has 8 nitrogen and oxygen atoms in total. The van der Waals surface area contributed by atoms with Crippen molar-refractivity contribution in [3.63, 3.8) is 0 Å². The van der Waals surface area contributed by atoms with Crippen molar-refractivity contribution in [1.82, 2.24) is 20.2 Å². The fraction of sp³-hybridized carbons (Fsp3) is 0.250. The van der Waals surface area contributed by atoms with Crippen molar-refractivity contribution in [3.8, 4) is 11.4 Å². The third-order valence-electron chi connectivity index (χ3n) is 4.92.